The average Bonchev–Trinajstić information content (AvgIpc) is 3.81. The van der Waals surface area contributed by atoms with Gasteiger partial charge in [0.1, 0.15) is 0 Å². The van der Waals surface area contributed by atoms with Crippen molar-refractivity contribution in [2.75, 3.05) is 33.2 Å². The van der Waals surface area contributed by atoms with E-state index in [1.165, 1.54) is 89.9 Å². The molecule has 0 aromatic rings. The van der Waals surface area contributed by atoms with Crippen LogP contribution in [0.3, 0.4) is 0 Å². The number of hydrogen-bond donors (Lipinski definition) is 5. The van der Waals surface area contributed by atoms with E-state index in [9.17, 15) is 20.4 Å². The van der Waals surface area contributed by atoms with E-state index < -0.39 is 22.4 Å². The molecular weight excluding hydrogens is 884 g/mol. The number of allylic oxidation sites excluding steroid dienone is 2. The third kappa shape index (κ3) is 11.5. The molecule has 0 aromatic carbocycles. The Balaban J connectivity index is 0.000000284. The van der Waals surface area contributed by atoms with Crippen molar-refractivity contribution in [1.82, 2.24) is 10.2 Å². The topological polar surface area (TPSA) is 96.2 Å². The molecule has 0 bridgehead atoms. The van der Waals surface area contributed by atoms with Gasteiger partial charge in [0.2, 0.25) is 0 Å². The van der Waals surface area contributed by atoms with E-state index in [2.05, 4.69) is 71.0 Å². The lowest BCUT2D eigenvalue weighted by Crippen LogP contribution is -2.52. The minimum Gasteiger partial charge on any atom is -0.390 e. The van der Waals surface area contributed by atoms with Gasteiger partial charge in [0.15, 0.2) is 0 Å². The van der Waals surface area contributed by atoms with Crippen LogP contribution in [0.1, 0.15) is 239 Å². The van der Waals surface area contributed by atoms with Crippen LogP contribution < -0.4 is 5.32 Å². The van der Waals surface area contributed by atoms with Crippen LogP contribution in [0.2, 0.25) is 0 Å². The summed E-state index contributed by atoms with van der Waals surface area (Å²) < 4.78 is 0. The second-order valence-corrected chi connectivity index (χ2v) is 27.9. The fraction of sp³-hybridized carbons (Fsp3) is 0.937. The van der Waals surface area contributed by atoms with Gasteiger partial charge in [0.25, 0.3) is 0 Å². The van der Waals surface area contributed by atoms with Crippen LogP contribution >= 0.6 is 12.4 Å². The molecule has 0 aromatic heterocycles. The van der Waals surface area contributed by atoms with Crippen molar-refractivity contribution in [3.05, 3.63) is 23.3 Å². The molecule has 0 unspecified atom stereocenters. The summed E-state index contributed by atoms with van der Waals surface area (Å²) in [6, 6.07) is 0. The van der Waals surface area contributed by atoms with Gasteiger partial charge in [0.05, 0.1) is 22.4 Å². The van der Waals surface area contributed by atoms with E-state index in [1.807, 2.05) is 13.8 Å². The third-order valence-corrected chi connectivity index (χ3v) is 23.9. The van der Waals surface area contributed by atoms with E-state index in [0.717, 1.165) is 150 Å². The highest BCUT2D eigenvalue weighted by Gasteiger charge is 2.61. The summed E-state index contributed by atoms with van der Waals surface area (Å²) in [6.45, 7) is 23.5. The minimum atomic E-state index is -0.493. The lowest BCUT2D eigenvalue weighted by molar-refractivity contribution is -0.0728. The maximum absolute atomic E-state index is 11.2. The Morgan fingerprint density at radius 3 is 1.31 bits per heavy atom. The molecule has 410 valence electrons. The van der Waals surface area contributed by atoms with Crippen LogP contribution in [-0.4, -0.2) is 81.0 Å². The Morgan fingerprint density at radius 2 is 0.914 bits per heavy atom. The van der Waals surface area contributed by atoms with Gasteiger partial charge in [-0.25, -0.2) is 0 Å². The van der Waals surface area contributed by atoms with E-state index in [4.69, 9.17) is 0 Å². The highest BCUT2D eigenvalue weighted by Crippen LogP contribution is 2.70. The maximum Gasteiger partial charge on any atom is 0.0672 e. The van der Waals surface area contributed by atoms with Crippen molar-refractivity contribution in [3.8, 4) is 0 Å². The van der Waals surface area contributed by atoms with Gasteiger partial charge in [-0.1, -0.05) is 94.5 Å². The van der Waals surface area contributed by atoms with Gasteiger partial charge in [-0.2, -0.15) is 0 Å². The number of aliphatic hydroxyl groups is 4. The lowest BCUT2D eigenvalue weighted by Gasteiger charge is -2.59. The first-order valence-electron chi connectivity index (χ1n) is 28.2. The molecule has 0 amide bonds. The Kier molecular flexibility index (Phi) is 20.1. The van der Waals surface area contributed by atoms with Crippen molar-refractivity contribution < 1.29 is 20.4 Å². The summed E-state index contributed by atoms with van der Waals surface area (Å²) in [4.78, 5) is 2.36. The van der Waals surface area contributed by atoms with Gasteiger partial charge in [-0.3, -0.25) is 0 Å². The van der Waals surface area contributed by atoms with Crippen molar-refractivity contribution in [1.29, 1.82) is 0 Å². The first-order valence-corrected chi connectivity index (χ1v) is 28.2. The molecule has 0 spiro atoms. The zero-order valence-electron chi connectivity index (χ0n) is 43.9. The predicted octanol–water partition coefficient (Wildman–Crippen LogP) is 15.0. The van der Waals surface area contributed by atoms with Crippen molar-refractivity contribution >= 4 is 12.4 Å². The zero-order valence-corrected chi connectivity index (χ0v) is 44.7. The SMILES string of the molecule is C.C.C.C.C[C@H](CCC1(O)CCN(C)CC1)[C@H]1CC[C@H]2[C@@H]3CC=C4C[C@@](C)(O)CC[C@]4(C)[C@H]3CC[C@]12C.C[C@H](CCC1(O)CCNCC1)[C@H]1CC[C@H]2[C@@H]3CC=C4C[C@@](C)(O)CC[C@]4(C)[C@H]3CC[C@]12C.Cl. The van der Waals surface area contributed by atoms with Crippen LogP contribution in [0.15, 0.2) is 23.3 Å². The molecule has 7 heteroatoms. The minimum absolute atomic E-state index is 0. The van der Waals surface area contributed by atoms with Crippen molar-refractivity contribution in [3.63, 3.8) is 0 Å². The molecule has 8 fully saturated rings. The first kappa shape index (κ1) is 62.1. The number of nitrogens with zero attached hydrogens (tertiary/aromatic N) is 1. The average molecular weight is 1000 g/mol. The molecule has 70 heavy (non-hydrogen) atoms. The monoisotopic (exact) mass is 1000 g/mol. The first-order chi connectivity index (χ1) is 30.5. The Morgan fingerprint density at radius 1 is 0.529 bits per heavy atom. The van der Waals surface area contributed by atoms with Gasteiger partial charge < -0.3 is 30.6 Å². The number of halogens is 1. The molecule has 10 aliphatic rings. The quantitative estimate of drug-likeness (QED) is 0.156. The fourth-order valence-corrected chi connectivity index (χ4v) is 19.4. The van der Waals surface area contributed by atoms with E-state index in [-0.39, 0.29) is 42.1 Å². The fourth-order valence-electron chi connectivity index (χ4n) is 19.4. The predicted molar refractivity (Wildman–Crippen MR) is 301 cm³/mol. The normalized spacial score (nSPS) is 45.2. The number of likely N-dealkylation sites (tertiary alicyclic amines) is 1. The highest BCUT2D eigenvalue weighted by molar-refractivity contribution is 5.85. The molecule has 6 nitrogen and oxygen atoms in total. The van der Waals surface area contributed by atoms with Crippen LogP contribution in [0.25, 0.3) is 0 Å². The summed E-state index contributed by atoms with van der Waals surface area (Å²) in [5.74, 6) is 8.15. The van der Waals surface area contributed by atoms with Crippen LogP contribution in [0, 0.1) is 80.8 Å². The summed E-state index contributed by atoms with van der Waals surface area (Å²) in [6.07, 6.45) is 33.0. The standard InChI is InChI=1S/C30H51NO2.C29H49NO2.4CH4.ClH/c1-21(10-13-30(33)16-18-31(5)19-17-30)24-8-9-25-23-7-6-22-20-27(2,32)14-15-28(22,3)26(23)11-12-29(24,25)4;1-20(9-12-29(32)15-17-30-18-16-29)23-7-8-24-22-6-5-21-19-26(2,31)13-14-27(21,3)25(22)10-11-28(23,24)4;;;;;/h6,21,23-26,32-33H,7-20H2,1-5H3;5,20,22-25,30-32H,6-19H2,1-4H3;4*1H4;1H/t21-,23+,24-,25+,26+,27+,28+,29-;20-,22+,23-,24+,25+,26+,27+,28-;;;;;/m11...../s1. The molecule has 6 saturated carbocycles. The number of rotatable bonds is 8. The van der Waals surface area contributed by atoms with Gasteiger partial charge >= 0.3 is 0 Å². The zero-order chi connectivity index (χ0) is 46.4. The molecule has 2 saturated heterocycles. The summed E-state index contributed by atoms with van der Waals surface area (Å²) in [5, 5.41) is 47.0. The smallest absolute Gasteiger partial charge is 0.0672 e. The van der Waals surface area contributed by atoms with Crippen LogP contribution in [0.5, 0.6) is 0 Å². The number of nitrogens with one attached hydrogen (secondary N) is 1. The van der Waals surface area contributed by atoms with Crippen LogP contribution in [0.4, 0.5) is 0 Å². The summed E-state index contributed by atoms with van der Waals surface area (Å²) in [7, 11) is 2.18. The molecule has 0 radical (unpaired) electrons. The van der Waals surface area contributed by atoms with Crippen molar-refractivity contribution in [2.24, 2.45) is 80.8 Å². The second kappa shape index (κ2) is 22.6. The number of piperidine rings is 2. The van der Waals surface area contributed by atoms with E-state index in [0.29, 0.717) is 21.7 Å². The lowest BCUT2D eigenvalue weighted by atomic mass is 9.46. The molecule has 5 N–H and O–H groups in total. The summed E-state index contributed by atoms with van der Waals surface area (Å²) >= 11 is 0. The molecule has 2 aliphatic heterocycles. The maximum atomic E-state index is 11.2. The number of fused-ring (bicyclic) bond motifs is 10. The van der Waals surface area contributed by atoms with E-state index in [1.54, 1.807) is 11.1 Å². The molecule has 2 heterocycles. The summed E-state index contributed by atoms with van der Waals surface area (Å²) in [5.41, 5.74) is 2.96. The van der Waals surface area contributed by atoms with Gasteiger partial charge in [0, 0.05) is 13.1 Å². The van der Waals surface area contributed by atoms with E-state index >= 15 is 0 Å². The Bertz CT molecular complexity index is 1760. The highest BCUT2D eigenvalue weighted by atomic mass is 35.5. The largest absolute Gasteiger partial charge is 0.390 e. The van der Waals surface area contributed by atoms with Gasteiger partial charge in [-0.15, -0.1) is 12.4 Å². The van der Waals surface area contributed by atoms with Crippen molar-refractivity contribution in [2.45, 2.75) is 262 Å². The second-order valence-electron chi connectivity index (χ2n) is 27.9. The molecule has 16 atom stereocenters. The Labute approximate surface area is 440 Å². The van der Waals surface area contributed by atoms with Gasteiger partial charge in [-0.05, 0) is 269 Å². The number of hydrogen-bond acceptors (Lipinski definition) is 6. The van der Waals surface area contributed by atoms with Crippen LogP contribution in [-0.2, 0) is 0 Å². The third-order valence-electron chi connectivity index (χ3n) is 23.9. The Hall–Kier alpha value is -0.470. The molecule has 10 rings (SSSR count). The molecular formula is C63H117ClN2O4. The molecule has 8 aliphatic carbocycles.